The van der Waals surface area contributed by atoms with E-state index in [0.717, 1.165) is 51.5 Å². The fourth-order valence-corrected chi connectivity index (χ4v) is 2.86. The summed E-state index contributed by atoms with van der Waals surface area (Å²) in [5.74, 6) is 0.583. The zero-order valence-corrected chi connectivity index (χ0v) is 15.2. The number of aryl methyl sites for hydroxylation is 1. The number of carbonyl (C=O) groups excluding carboxylic acids is 1. The van der Waals surface area contributed by atoms with E-state index in [1.165, 1.54) is 5.56 Å². The van der Waals surface area contributed by atoms with Gasteiger partial charge in [0.1, 0.15) is 5.82 Å². The smallest absolute Gasteiger partial charge is 0.255 e. The van der Waals surface area contributed by atoms with Gasteiger partial charge in [0, 0.05) is 43.6 Å². The van der Waals surface area contributed by atoms with Crippen LogP contribution in [-0.4, -0.2) is 55.2 Å². The third kappa shape index (κ3) is 5.28. The molecule has 1 aliphatic heterocycles. The number of hydrogen-bond donors (Lipinski definition) is 2. The molecule has 0 bridgehead atoms. The van der Waals surface area contributed by atoms with Gasteiger partial charge in [0.05, 0.1) is 13.2 Å². The summed E-state index contributed by atoms with van der Waals surface area (Å²) < 4.78 is 5.35. The van der Waals surface area contributed by atoms with Crippen LogP contribution in [0.15, 0.2) is 42.6 Å². The molecule has 0 atom stereocenters. The van der Waals surface area contributed by atoms with Crippen molar-refractivity contribution in [1.29, 1.82) is 0 Å². The molecule has 2 aromatic rings. The van der Waals surface area contributed by atoms with E-state index in [9.17, 15) is 4.79 Å². The van der Waals surface area contributed by atoms with Gasteiger partial charge in [0.15, 0.2) is 0 Å². The molecule has 0 aliphatic carbocycles. The Bertz CT molecular complexity index is 712. The van der Waals surface area contributed by atoms with Gasteiger partial charge in [-0.15, -0.1) is 0 Å². The quantitative estimate of drug-likeness (QED) is 0.800. The molecule has 1 aliphatic rings. The molecular weight excluding hydrogens is 328 g/mol. The lowest BCUT2D eigenvalue weighted by atomic mass is 10.1. The topological polar surface area (TPSA) is 66.5 Å². The van der Waals surface area contributed by atoms with Gasteiger partial charge in [0.25, 0.3) is 5.91 Å². The molecule has 6 nitrogen and oxygen atoms in total. The second-order valence-electron chi connectivity index (χ2n) is 6.32. The van der Waals surface area contributed by atoms with Crippen molar-refractivity contribution in [3.05, 3.63) is 53.7 Å². The molecule has 0 spiro atoms. The lowest BCUT2D eigenvalue weighted by Gasteiger charge is -2.26. The van der Waals surface area contributed by atoms with Gasteiger partial charge in [-0.3, -0.25) is 9.69 Å². The van der Waals surface area contributed by atoms with Crippen LogP contribution in [0.2, 0.25) is 0 Å². The number of aromatic nitrogens is 1. The third-order valence-corrected chi connectivity index (χ3v) is 4.48. The fraction of sp³-hybridized carbons (Fsp3) is 0.400. The molecule has 26 heavy (non-hydrogen) atoms. The first-order valence-electron chi connectivity index (χ1n) is 9.15. The van der Waals surface area contributed by atoms with Gasteiger partial charge in [-0.2, -0.15) is 0 Å². The number of nitrogens with one attached hydrogen (secondary N) is 2. The molecular formula is C20H26N4O2. The van der Waals surface area contributed by atoms with Crippen LogP contribution in [0, 0.1) is 0 Å². The highest BCUT2D eigenvalue weighted by Gasteiger charge is 2.10. The van der Waals surface area contributed by atoms with Gasteiger partial charge >= 0.3 is 0 Å². The van der Waals surface area contributed by atoms with E-state index in [1.807, 2.05) is 24.3 Å². The first kappa shape index (κ1) is 18.4. The molecule has 6 heteroatoms. The zero-order chi connectivity index (χ0) is 18.2. The van der Waals surface area contributed by atoms with Crippen LogP contribution in [0.3, 0.4) is 0 Å². The molecule has 1 fully saturated rings. The number of hydrogen-bond acceptors (Lipinski definition) is 5. The number of anilines is 2. The van der Waals surface area contributed by atoms with Crippen molar-refractivity contribution in [3.8, 4) is 0 Å². The highest BCUT2D eigenvalue weighted by molar-refractivity contribution is 6.04. The standard InChI is InChI=1S/C20H26N4O2/c1-2-16-3-5-18(6-4-16)23-20(25)17-7-8-21-19(15-17)22-9-10-24-11-13-26-14-12-24/h3-8,15H,2,9-14H2,1H3,(H,21,22)(H,23,25). The Labute approximate surface area is 154 Å². The number of carbonyl (C=O) groups is 1. The Kier molecular flexibility index (Phi) is 6.57. The molecule has 1 aromatic carbocycles. The third-order valence-electron chi connectivity index (χ3n) is 4.48. The van der Waals surface area contributed by atoms with Crippen LogP contribution in [-0.2, 0) is 11.2 Å². The molecule has 1 amide bonds. The minimum atomic E-state index is -0.132. The van der Waals surface area contributed by atoms with Crippen LogP contribution in [0.1, 0.15) is 22.8 Å². The summed E-state index contributed by atoms with van der Waals surface area (Å²) in [5.41, 5.74) is 2.64. The largest absolute Gasteiger partial charge is 0.379 e. The van der Waals surface area contributed by atoms with Crippen LogP contribution >= 0.6 is 0 Å². The second kappa shape index (κ2) is 9.31. The van der Waals surface area contributed by atoms with Crippen LogP contribution in [0.5, 0.6) is 0 Å². The van der Waals surface area contributed by atoms with E-state index in [1.54, 1.807) is 18.3 Å². The summed E-state index contributed by atoms with van der Waals surface area (Å²) in [7, 11) is 0. The molecule has 0 saturated carbocycles. The van der Waals surface area contributed by atoms with Gasteiger partial charge in [-0.1, -0.05) is 19.1 Å². The Morgan fingerprint density at radius 3 is 2.69 bits per heavy atom. The number of morpholine rings is 1. The Morgan fingerprint density at radius 2 is 1.96 bits per heavy atom. The van der Waals surface area contributed by atoms with Crippen molar-refractivity contribution in [2.75, 3.05) is 50.0 Å². The lowest BCUT2D eigenvalue weighted by Crippen LogP contribution is -2.39. The Hall–Kier alpha value is -2.44. The van der Waals surface area contributed by atoms with E-state index >= 15 is 0 Å². The van der Waals surface area contributed by atoms with Crippen molar-refractivity contribution in [3.63, 3.8) is 0 Å². The molecule has 2 N–H and O–H groups in total. The summed E-state index contributed by atoms with van der Waals surface area (Å²) in [6.45, 7) is 7.36. The van der Waals surface area contributed by atoms with Crippen LogP contribution < -0.4 is 10.6 Å². The minimum absolute atomic E-state index is 0.132. The van der Waals surface area contributed by atoms with E-state index in [0.29, 0.717) is 11.4 Å². The summed E-state index contributed by atoms with van der Waals surface area (Å²) in [4.78, 5) is 19.1. The van der Waals surface area contributed by atoms with Gasteiger partial charge < -0.3 is 15.4 Å². The summed E-state index contributed by atoms with van der Waals surface area (Å²) in [5, 5.41) is 6.22. The van der Waals surface area contributed by atoms with Crippen LogP contribution in [0.4, 0.5) is 11.5 Å². The summed E-state index contributed by atoms with van der Waals surface area (Å²) >= 11 is 0. The summed E-state index contributed by atoms with van der Waals surface area (Å²) in [6.07, 6.45) is 2.64. The fourth-order valence-electron chi connectivity index (χ4n) is 2.86. The van der Waals surface area contributed by atoms with Crippen molar-refractivity contribution < 1.29 is 9.53 Å². The number of nitrogens with zero attached hydrogens (tertiary/aromatic N) is 2. The maximum absolute atomic E-state index is 12.5. The van der Waals surface area contributed by atoms with E-state index in [-0.39, 0.29) is 5.91 Å². The van der Waals surface area contributed by atoms with Gasteiger partial charge in [-0.25, -0.2) is 4.98 Å². The monoisotopic (exact) mass is 354 g/mol. The van der Waals surface area contributed by atoms with E-state index in [4.69, 9.17) is 4.74 Å². The zero-order valence-electron chi connectivity index (χ0n) is 15.2. The predicted octanol–water partition coefficient (Wildman–Crippen LogP) is 2.64. The highest BCUT2D eigenvalue weighted by atomic mass is 16.5. The van der Waals surface area contributed by atoms with Crippen molar-refractivity contribution in [1.82, 2.24) is 9.88 Å². The van der Waals surface area contributed by atoms with Gasteiger partial charge in [-0.05, 0) is 36.2 Å². The lowest BCUT2D eigenvalue weighted by molar-refractivity contribution is 0.0398. The molecule has 1 aromatic heterocycles. The first-order valence-corrected chi connectivity index (χ1v) is 9.15. The Balaban J connectivity index is 1.52. The van der Waals surface area contributed by atoms with Gasteiger partial charge in [0.2, 0.25) is 0 Å². The van der Waals surface area contributed by atoms with E-state index < -0.39 is 0 Å². The maximum Gasteiger partial charge on any atom is 0.255 e. The number of ether oxygens (including phenoxy) is 1. The number of amides is 1. The highest BCUT2D eigenvalue weighted by Crippen LogP contribution is 2.13. The van der Waals surface area contributed by atoms with Crippen LogP contribution in [0.25, 0.3) is 0 Å². The SMILES string of the molecule is CCc1ccc(NC(=O)c2ccnc(NCCN3CCOCC3)c2)cc1. The van der Waals surface area contributed by atoms with E-state index in [2.05, 4.69) is 27.4 Å². The molecule has 2 heterocycles. The molecule has 0 radical (unpaired) electrons. The van der Waals surface area contributed by atoms with Crippen molar-refractivity contribution >= 4 is 17.4 Å². The number of pyridine rings is 1. The minimum Gasteiger partial charge on any atom is -0.379 e. The average molecular weight is 354 g/mol. The van der Waals surface area contributed by atoms with Crippen molar-refractivity contribution in [2.24, 2.45) is 0 Å². The molecule has 1 saturated heterocycles. The average Bonchev–Trinajstić information content (AvgIpc) is 2.69. The van der Waals surface area contributed by atoms with Crippen molar-refractivity contribution in [2.45, 2.75) is 13.3 Å². The molecule has 0 unspecified atom stereocenters. The molecule has 3 rings (SSSR count). The summed E-state index contributed by atoms with van der Waals surface area (Å²) in [6, 6.07) is 11.4. The normalized spacial score (nSPS) is 14.8. The molecule has 138 valence electrons. The maximum atomic E-state index is 12.5. The Morgan fingerprint density at radius 1 is 1.19 bits per heavy atom. The second-order valence-corrected chi connectivity index (χ2v) is 6.32. The number of rotatable bonds is 7. The number of benzene rings is 1. The first-order chi connectivity index (χ1) is 12.7. The predicted molar refractivity (Wildman–Crippen MR) is 104 cm³/mol.